The van der Waals surface area contributed by atoms with Gasteiger partial charge in [0.15, 0.2) is 0 Å². The maximum atomic E-state index is 12.5. The van der Waals surface area contributed by atoms with Crippen LogP contribution in [0.15, 0.2) is 47.6 Å². The minimum atomic E-state index is -1.15. The van der Waals surface area contributed by atoms with Gasteiger partial charge in [-0.05, 0) is 17.7 Å². The van der Waals surface area contributed by atoms with Gasteiger partial charge in [0.2, 0.25) is 5.78 Å². The lowest BCUT2D eigenvalue weighted by atomic mass is 10.0. The smallest absolute Gasteiger partial charge is 0.212 e. The number of hydrogen-bond acceptors (Lipinski definition) is 3. The molecule has 0 fully saturated rings. The molecule has 0 aliphatic carbocycles. The first kappa shape index (κ1) is 19.5. The highest BCUT2D eigenvalue weighted by Gasteiger charge is 2.22. The standard InChI is InChI=1S/C17H22N3O2.HI/c1-19-14(12-18-20(2,3)4)10-11-15(19)17(22)16(21)13-8-6-5-7-9-13;/h5-12,16,21H,1-4H3;1H/q+1;/p-1/b18-12+;. The van der Waals surface area contributed by atoms with Gasteiger partial charge in [0.1, 0.15) is 12.3 Å². The summed E-state index contributed by atoms with van der Waals surface area (Å²) in [5.74, 6) is -0.321. The molecule has 1 heterocycles. The number of nitrogens with zero attached hydrogens (tertiary/aromatic N) is 3. The maximum Gasteiger partial charge on any atom is 0.212 e. The molecule has 0 spiro atoms. The van der Waals surface area contributed by atoms with Gasteiger partial charge in [-0.25, -0.2) is 4.59 Å². The Labute approximate surface area is 153 Å². The first-order chi connectivity index (χ1) is 10.3. The van der Waals surface area contributed by atoms with Crippen molar-refractivity contribution < 1.29 is 38.5 Å². The van der Waals surface area contributed by atoms with Crippen LogP contribution in [0.25, 0.3) is 0 Å². The highest BCUT2D eigenvalue weighted by molar-refractivity contribution is 5.99. The number of benzene rings is 1. The Balaban J connectivity index is 0.00000264. The quantitative estimate of drug-likeness (QED) is 0.219. The van der Waals surface area contributed by atoms with E-state index >= 15 is 0 Å². The Morgan fingerprint density at radius 1 is 1.17 bits per heavy atom. The second kappa shape index (κ2) is 7.85. The fourth-order valence-corrected chi connectivity index (χ4v) is 2.06. The molecule has 0 saturated heterocycles. The highest BCUT2D eigenvalue weighted by Crippen LogP contribution is 2.19. The van der Waals surface area contributed by atoms with Crippen molar-refractivity contribution in [3.63, 3.8) is 0 Å². The van der Waals surface area contributed by atoms with Crippen molar-refractivity contribution in [3.05, 3.63) is 59.4 Å². The van der Waals surface area contributed by atoms with Gasteiger partial charge in [-0.1, -0.05) is 35.4 Å². The second-order valence-electron chi connectivity index (χ2n) is 6.07. The van der Waals surface area contributed by atoms with Crippen molar-refractivity contribution >= 4 is 12.0 Å². The average molecular weight is 427 g/mol. The van der Waals surface area contributed by atoms with Crippen LogP contribution in [0.1, 0.15) is 27.8 Å². The molecule has 0 aliphatic heterocycles. The minimum Gasteiger partial charge on any atom is -1.00 e. The number of ketones is 1. The summed E-state index contributed by atoms with van der Waals surface area (Å²) in [5, 5.41) is 14.6. The van der Waals surface area contributed by atoms with Crippen molar-refractivity contribution in [1.82, 2.24) is 4.57 Å². The summed E-state index contributed by atoms with van der Waals surface area (Å²) >= 11 is 0. The fraction of sp³-hybridized carbons (Fsp3) is 0.294. The van der Waals surface area contributed by atoms with E-state index in [9.17, 15) is 9.90 Å². The van der Waals surface area contributed by atoms with Crippen LogP contribution in [-0.2, 0) is 7.05 Å². The Morgan fingerprint density at radius 3 is 2.35 bits per heavy atom. The van der Waals surface area contributed by atoms with Gasteiger partial charge in [0.25, 0.3) is 0 Å². The molecule has 0 saturated carbocycles. The van der Waals surface area contributed by atoms with Gasteiger partial charge in [-0.15, -0.1) is 0 Å². The van der Waals surface area contributed by atoms with Crippen molar-refractivity contribution in [1.29, 1.82) is 0 Å². The van der Waals surface area contributed by atoms with E-state index in [-0.39, 0.29) is 29.8 Å². The number of carbonyl (C=O) groups excluding carboxylic acids is 1. The number of aromatic nitrogens is 1. The van der Waals surface area contributed by atoms with E-state index in [2.05, 4.69) is 5.10 Å². The van der Waals surface area contributed by atoms with E-state index in [4.69, 9.17) is 0 Å². The van der Waals surface area contributed by atoms with E-state index < -0.39 is 6.10 Å². The summed E-state index contributed by atoms with van der Waals surface area (Å²) in [7, 11) is 7.64. The largest absolute Gasteiger partial charge is 1.00 e. The molecule has 0 radical (unpaired) electrons. The van der Waals surface area contributed by atoms with Crippen LogP contribution in [-0.4, -0.2) is 47.4 Å². The van der Waals surface area contributed by atoms with E-state index in [0.717, 1.165) is 5.69 Å². The SMILES string of the molecule is Cn1c(/C=N/[N+](C)(C)C)ccc1C(=O)C(O)c1ccccc1.[I-]. The maximum absolute atomic E-state index is 12.5. The minimum absolute atomic E-state index is 0. The molecule has 1 atom stereocenters. The van der Waals surface area contributed by atoms with Gasteiger partial charge in [-0.3, -0.25) is 4.79 Å². The fourth-order valence-electron chi connectivity index (χ4n) is 2.06. The van der Waals surface area contributed by atoms with Gasteiger partial charge in [0.05, 0.1) is 32.5 Å². The summed E-state index contributed by atoms with van der Waals surface area (Å²) in [6.45, 7) is 0. The van der Waals surface area contributed by atoms with Crippen LogP contribution >= 0.6 is 0 Å². The summed E-state index contributed by atoms with van der Waals surface area (Å²) in [5.41, 5.74) is 1.87. The third kappa shape index (κ3) is 4.98. The molecular weight excluding hydrogens is 405 g/mol. The Morgan fingerprint density at radius 2 is 1.78 bits per heavy atom. The lowest BCUT2D eigenvalue weighted by molar-refractivity contribution is -0.876. The second-order valence-corrected chi connectivity index (χ2v) is 6.07. The van der Waals surface area contributed by atoms with E-state index in [1.807, 2.05) is 33.3 Å². The number of quaternary nitrogens is 1. The molecule has 1 aromatic heterocycles. The summed E-state index contributed by atoms with van der Waals surface area (Å²) in [4.78, 5) is 12.5. The number of Topliss-reactive ketones (excluding diaryl/α,β-unsaturated/α-hetero) is 1. The van der Waals surface area contributed by atoms with Gasteiger partial charge in [-0.2, -0.15) is 0 Å². The van der Waals surface area contributed by atoms with Crippen molar-refractivity contribution in [3.8, 4) is 0 Å². The topological polar surface area (TPSA) is 54.6 Å². The van der Waals surface area contributed by atoms with Crippen LogP contribution in [0.5, 0.6) is 0 Å². The molecular formula is C17H22IN3O2. The van der Waals surface area contributed by atoms with Gasteiger partial charge < -0.3 is 33.7 Å². The number of rotatable bonds is 5. The van der Waals surface area contributed by atoms with E-state index in [0.29, 0.717) is 15.8 Å². The number of halogens is 1. The third-order valence-corrected chi connectivity index (χ3v) is 3.31. The molecule has 1 N–H and O–H groups in total. The molecule has 23 heavy (non-hydrogen) atoms. The molecule has 0 amide bonds. The van der Waals surface area contributed by atoms with Crippen LogP contribution in [0.4, 0.5) is 0 Å². The predicted molar refractivity (Wildman–Crippen MR) is 86.8 cm³/mol. The zero-order valence-corrected chi connectivity index (χ0v) is 15.9. The number of aliphatic hydroxyl groups is 1. The van der Waals surface area contributed by atoms with Crippen LogP contribution < -0.4 is 24.0 Å². The molecule has 1 aromatic carbocycles. The van der Waals surface area contributed by atoms with Crippen LogP contribution in [0.2, 0.25) is 0 Å². The normalized spacial score (nSPS) is 12.9. The molecule has 2 rings (SSSR count). The van der Waals surface area contributed by atoms with E-state index in [1.54, 1.807) is 48.2 Å². The average Bonchev–Trinajstić information content (AvgIpc) is 2.85. The molecule has 5 nitrogen and oxygen atoms in total. The summed E-state index contributed by atoms with van der Waals surface area (Å²) < 4.78 is 2.19. The van der Waals surface area contributed by atoms with Crippen molar-refractivity contribution in [2.45, 2.75) is 6.10 Å². The van der Waals surface area contributed by atoms with Crippen LogP contribution in [0, 0.1) is 0 Å². The van der Waals surface area contributed by atoms with Crippen molar-refractivity contribution in [2.75, 3.05) is 21.1 Å². The molecule has 0 aliphatic rings. The van der Waals surface area contributed by atoms with Gasteiger partial charge in [0, 0.05) is 7.05 Å². The van der Waals surface area contributed by atoms with E-state index in [1.165, 1.54) is 0 Å². The molecule has 0 bridgehead atoms. The summed E-state index contributed by atoms with van der Waals surface area (Å²) in [6, 6.07) is 12.5. The Hall–Kier alpha value is -1.51. The lowest BCUT2D eigenvalue weighted by Crippen LogP contribution is -3.00. The predicted octanol–water partition coefficient (Wildman–Crippen LogP) is -1.01. The zero-order chi connectivity index (χ0) is 16.3. The lowest BCUT2D eigenvalue weighted by Gasteiger charge is -2.14. The molecule has 1 unspecified atom stereocenters. The highest BCUT2D eigenvalue weighted by atomic mass is 127. The van der Waals surface area contributed by atoms with Crippen molar-refractivity contribution in [2.24, 2.45) is 12.1 Å². The van der Waals surface area contributed by atoms with Crippen LogP contribution in [0.3, 0.4) is 0 Å². The Kier molecular flexibility index (Phi) is 6.67. The summed E-state index contributed by atoms with van der Waals surface area (Å²) in [6.07, 6.45) is 0.573. The van der Waals surface area contributed by atoms with Gasteiger partial charge >= 0.3 is 0 Å². The molecule has 6 heteroatoms. The molecule has 124 valence electrons. The first-order valence-electron chi connectivity index (χ1n) is 7.09. The zero-order valence-electron chi connectivity index (χ0n) is 13.8. The Bertz CT molecular complexity index is 688. The number of carbonyl (C=O) groups is 1. The number of hydrogen-bond donors (Lipinski definition) is 1. The molecule has 2 aromatic rings. The first-order valence-corrected chi connectivity index (χ1v) is 7.09. The number of aliphatic hydroxyl groups excluding tert-OH is 1. The monoisotopic (exact) mass is 427 g/mol. The third-order valence-electron chi connectivity index (χ3n) is 3.31.